The molecule has 0 unspecified atom stereocenters. The smallest absolute Gasteiger partial charge is 0.258 e. The average molecular weight is 397 g/mol. The van der Waals surface area contributed by atoms with Gasteiger partial charge in [0.05, 0.1) is 32.3 Å². The van der Waals surface area contributed by atoms with Crippen molar-refractivity contribution in [2.45, 2.75) is 19.4 Å². The van der Waals surface area contributed by atoms with Gasteiger partial charge < -0.3 is 29.2 Å². The normalized spacial score (nSPS) is 15.3. The quantitative estimate of drug-likeness (QED) is 0.794. The molecule has 2 N–H and O–H groups in total. The lowest BCUT2D eigenvalue weighted by molar-refractivity contribution is 0.185. The number of methoxy groups -OCH3 is 3. The van der Waals surface area contributed by atoms with Crippen LogP contribution in [0.3, 0.4) is 0 Å². The van der Waals surface area contributed by atoms with Crippen LogP contribution in [0.4, 0.5) is 0 Å². The molecule has 0 fully saturated rings. The fourth-order valence-corrected chi connectivity index (χ4v) is 3.51. The van der Waals surface area contributed by atoms with Crippen molar-refractivity contribution in [1.29, 1.82) is 5.26 Å². The number of fused-ring (bicyclic) bond motifs is 1. The van der Waals surface area contributed by atoms with Gasteiger partial charge in [-0.15, -0.1) is 0 Å². The number of ether oxygens (including phenoxy) is 4. The summed E-state index contributed by atoms with van der Waals surface area (Å²) in [4.78, 5) is 13.4. The standard InChI is InChI=1S/C21H23N3O5/c1-12-9-17-19(21(25)24(12)7-8-26-2)18(15(11-22)20(23)29-17)14-6-5-13(27-3)10-16(14)28-4/h5-6,9-10,18H,7-8,23H2,1-4H3/t18-/m1/s1. The van der Waals surface area contributed by atoms with Crippen molar-refractivity contribution in [3.05, 3.63) is 62.9 Å². The van der Waals surface area contributed by atoms with E-state index in [1.165, 1.54) is 7.11 Å². The van der Waals surface area contributed by atoms with Crippen LogP contribution < -0.4 is 25.5 Å². The molecule has 1 aromatic carbocycles. The lowest BCUT2D eigenvalue weighted by atomic mass is 9.83. The topological polar surface area (TPSA) is 109 Å². The molecule has 0 bridgehead atoms. The summed E-state index contributed by atoms with van der Waals surface area (Å²) in [7, 11) is 4.64. The number of benzene rings is 1. The molecule has 152 valence electrons. The molecular weight excluding hydrogens is 374 g/mol. The number of nitriles is 1. The van der Waals surface area contributed by atoms with Crippen molar-refractivity contribution in [1.82, 2.24) is 4.57 Å². The van der Waals surface area contributed by atoms with Crippen molar-refractivity contribution >= 4 is 0 Å². The number of rotatable bonds is 6. The number of pyridine rings is 1. The molecule has 0 saturated heterocycles. The molecule has 8 nitrogen and oxygen atoms in total. The highest BCUT2D eigenvalue weighted by atomic mass is 16.5. The number of nitrogens with two attached hydrogens (primary N) is 1. The molecule has 0 aliphatic carbocycles. The number of nitrogens with zero attached hydrogens (tertiary/aromatic N) is 2. The van der Waals surface area contributed by atoms with Crippen LogP contribution in [-0.2, 0) is 11.3 Å². The van der Waals surface area contributed by atoms with Gasteiger partial charge in [-0.2, -0.15) is 5.26 Å². The van der Waals surface area contributed by atoms with Crippen LogP contribution in [0.15, 0.2) is 40.5 Å². The molecule has 0 saturated carbocycles. The minimum atomic E-state index is -0.730. The second-order valence-corrected chi connectivity index (χ2v) is 6.55. The Balaban J connectivity index is 2.30. The van der Waals surface area contributed by atoms with E-state index in [1.807, 2.05) is 6.92 Å². The molecule has 8 heteroatoms. The SMILES string of the molecule is COCCn1c(C)cc2c(c1=O)[C@H](c1ccc(OC)cc1OC)C(C#N)=C(N)O2. The van der Waals surface area contributed by atoms with Crippen LogP contribution in [-0.4, -0.2) is 32.5 Å². The van der Waals surface area contributed by atoms with Crippen molar-refractivity contribution < 1.29 is 18.9 Å². The van der Waals surface area contributed by atoms with E-state index in [9.17, 15) is 10.1 Å². The van der Waals surface area contributed by atoms with E-state index < -0.39 is 5.92 Å². The van der Waals surface area contributed by atoms with Gasteiger partial charge in [-0.3, -0.25) is 4.79 Å². The summed E-state index contributed by atoms with van der Waals surface area (Å²) in [5.41, 5.74) is 7.59. The van der Waals surface area contributed by atoms with Gasteiger partial charge in [-0.05, 0) is 13.0 Å². The van der Waals surface area contributed by atoms with Gasteiger partial charge in [0.2, 0.25) is 5.88 Å². The zero-order chi connectivity index (χ0) is 21.1. The number of hydrogen-bond donors (Lipinski definition) is 1. The third-order valence-corrected chi connectivity index (χ3v) is 4.96. The first-order valence-corrected chi connectivity index (χ1v) is 8.99. The minimum absolute atomic E-state index is 0.0312. The van der Waals surface area contributed by atoms with Crippen LogP contribution in [0, 0.1) is 18.3 Å². The highest BCUT2D eigenvalue weighted by molar-refractivity contribution is 5.59. The van der Waals surface area contributed by atoms with E-state index in [1.54, 1.807) is 43.1 Å². The molecular formula is C21H23N3O5. The Labute approximate surface area is 168 Å². The predicted octanol–water partition coefficient (Wildman–Crippen LogP) is 2.04. The summed E-state index contributed by atoms with van der Waals surface area (Å²) in [5.74, 6) is 0.643. The molecule has 3 rings (SSSR count). The van der Waals surface area contributed by atoms with E-state index >= 15 is 0 Å². The Hall–Kier alpha value is -3.44. The van der Waals surface area contributed by atoms with Gasteiger partial charge in [0.1, 0.15) is 28.9 Å². The Bertz CT molecular complexity index is 1070. The maximum absolute atomic E-state index is 13.4. The highest BCUT2D eigenvalue weighted by Crippen LogP contribution is 2.44. The van der Waals surface area contributed by atoms with Gasteiger partial charge >= 0.3 is 0 Å². The fraction of sp³-hybridized carbons (Fsp3) is 0.333. The zero-order valence-electron chi connectivity index (χ0n) is 16.8. The van der Waals surface area contributed by atoms with Crippen molar-refractivity contribution in [3.8, 4) is 23.3 Å². The third kappa shape index (κ3) is 3.52. The number of hydrogen-bond acceptors (Lipinski definition) is 7. The third-order valence-electron chi connectivity index (χ3n) is 4.96. The number of aryl methyl sites for hydroxylation is 1. The summed E-state index contributed by atoms with van der Waals surface area (Å²) in [6.07, 6.45) is 0. The number of aromatic nitrogens is 1. The van der Waals surface area contributed by atoms with Gasteiger partial charge in [0, 0.05) is 37.0 Å². The van der Waals surface area contributed by atoms with Crippen molar-refractivity contribution in [2.24, 2.45) is 5.73 Å². The molecule has 0 radical (unpaired) electrons. The summed E-state index contributed by atoms with van der Waals surface area (Å²) >= 11 is 0. The van der Waals surface area contributed by atoms with Crippen LogP contribution in [0.5, 0.6) is 17.2 Å². The Kier molecular flexibility index (Phi) is 5.80. The number of allylic oxidation sites excluding steroid dienone is 1. The van der Waals surface area contributed by atoms with E-state index in [4.69, 9.17) is 24.7 Å². The lowest BCUT2D eigenvalue weighted by Crippen LogP contribution is -2.33. The van der Waals surface area contributed by atoms with Crippen molar-refractivity contribution in [3.63, 3.8) is 0 Å². The lowest BCUT2D eigenvalue weighted by Gasteiger charge is -2.28. The van der Waals surface area contributed by atoms with Crippen LogP contribution in [0.2, 0.25) is 0 Å². The predicted molar refractivity (Wildman–Crippen MR) is 106 cm³/mol. The van der Waals surface area contributed by atoms with Gasteiger partial charge in [0.25, 0.3) is 5.56 Å². The molecule has 1 aromatic heterocycles. The van der Waals surface area contributed by atoms with Gasteiger partial charge in [-0.25, -0.2) is 0 Å². The fourth-order valence-electron chi connectivity index (χ4n) is 3.51. The highest BCUT2D eigenvalue weighted by Gasteiger charge is 2.36. The first-order chi connectivity index (χ1) is 14.0. The second-order valence-electron chi connectivity index (χ2n) is 6.55. The summed E-state index contributed by atoms with van der Waals surface area (Å²) < 4.78 is 23.2. The van der Waals surface area contributed by atoms with Gasteiger partial charge in [0.15, 0.2) is 0 Å². The largest absolute Gasteiger partial charge is 0.497 e. The Morgan fingerprint density at radius 3 is 2.62 bits per heavy atom. The van der Waals surface area contributed by atoms with E-state index in [-0.39, 0.29) is 17.0 Å². The molecule has 1 atom stereocenters. The van der Waals surface area contributed by atoms with Crippen LogP contribution in [0.25, 0.3) is 0 Å². The van der Waals surface area contributed by atoms with Crippen LogP contribution >= 0.6 is 0 Å². The van der Waals surface area contributed by atoms with Gasteiger partial charge in [-0.1, -0.05) is 6.07 Å². The first-order valence-electron chi connectivity index (χ1n) is 8.99. The van der Waals surface area contributed by atoms with E-state index in [2.05, 4.69) is 6.07 Å². The van der Waals surface area contributed by atoms with E-state index in [0.29, 0.717) is 47.2 Å². The molecule has 0 spiro atoms. The second kappa shape index (κ2) is 8.29. The summed E-state index contributed by atoms with van der Waals surface area (Å²) in [6.45, 7) is 2.56. The van der Waals surface area contributed by atoms with Crippen molar-refractivity contribution in [2.75, 3.05) is 27.9 Å². The Morgan fingerprint density at radius 2 is 2.00 bits per heavy atom. The Morgan fingerprint density at radius 1 is 1.24 bits per heavy atom. The minimum Gasteiger partial charge on any atom is -0.497 e. The molecule has 29 heavy (non-hydrogen) atoms. The maximum atomic E-state index is 13.4. The average Bonchev–Trinajstić information content (AvgIpc) is 2.72. The molecule has 2 heterocycles. The van der Waals surface area contributed by atoms with E-state index in [0.717, 1.165) is 0 Å². The zero-order valence-corrected chi connectivity index (χ0v) is 16.8. The monoisotopic (exact) mass is 397 g/mol. The molecule has 1 aliphatic heterocycles. The molecule has 1 aliphatic rings. The molecule has 0 amide bonds. The summed E-state index contributed by atoms with van der Waals surface area (Å²) in [5, 5.41) is 9.78. The maximum Gasteiger partial charge on any atom is 0.258 e. The summed E-state index contributed by atoms with van der Waals surface area (Å²) in [6, 6.07) is 9.06. The molecule has 2 aromatic rings. The first kappa shape index (κ1) is 20.3. The van der Waals surface area contributed by atoms with Crippen LogP contribution in [0.1, 0.15) is 22.7 Å².